The maximum atomic E-state index is 11.8. The third-order valence-electron chi connectivity index (χ3n) is 3.47. The van der Waals surface area contributed by atoms with Crippen molar-refractivity contribution < 1.29 is 9.53 Å². The van der Waals surface area contributed by atoms with Gasteiger partial charge in [0.1, 0.15) is 5.01 Å². The molecule has 0 radical (unpaired) electrons. The van der Waals surface area contributed by atoms with Crippen LogP contribution in [0.2, 0.25) is 0 Å². The molecule has 0 saturated heterocycles. The Bertz CT molecular complexity index is 626. The fourth-order valence-electron chi connectivity index (χ4n) is 2.22. The fourth-order valence-corrected chi connectivity index (χ4v) is 3.13. The van der Waals surface area contributed by atoms with Crippen LogP contribution in [0.25, 0.3) is 10.6 Å². The molecule has 1 aliphatic rings. The average molecular weight is 287 g/mol. The minimum atomic E-state index is -0.331. The lowest BCUT2D eigenvalue weighted by Crippen LogP contribution is -2.06. The van der Waals surface area contributed by atoms with Gasteiger partial charge in [-0.15, -0.1) is 11.3 Å². The first-order valence-electron chi connectivity index (χ1n) is 6.94. The second kappa shape index (κ2) is 5.37. The Kier molecular flexibility index (Phi) is 3.57. The van der Waals surface area contributed by atoms with Crippen LogP contribution in [0, 0.1) is 6.92 Å². The number of aromatic nitrogens is 1. The molecule has 20 heavy (non-hydrogen) atoms. The van der Waals surface area contributed by atoms with Crippen LogP contribution in [0.4, 0.5) is 0 Å². The average Bonchev–Trinajstić information content (AvgIpc) is 3.22. The van der Waals surface area contributed by atoms with E-state index in [4.69, 9.17) is 4.74 Å². The van der Waals surface area contributed by atoms with E-state index in [1.54, 1.807) is 6.92 Å². The van der Waals surface area contributed by atoms with Crippen molar-refractivity contribution in [2.45, 2.75) is 32.6 Å². The first-order chi connectivity index (χ1) is 9.69. The number of hydrogen-bond acceptors (Lipinski definition) is 4. The molecule has 2 aromatic rings. The van der Waals surface area contributed by atoms with Crippen molar-refractivity contribution in [2.75, 3.05) is 6.61 Å². The molecule has 1 fully saturated rings. The Labute approximate surface area is 122 Å². The van der Waals surface area contributed by atoms with Crippen LogP contribution in [-0.4, -0.2) is 17.6 Å². The van der Waals surface area contributed by atoms with E-state index in [1.807, 2.05) is 6.92 Å². The summed E-state index contributed by atoms with van der Waals surface area (Å²) in [4.78, 5) is 17.1. The van der Waals surface area contributed by atoms with Gasteiger partial charge in [0.15, 0.2) is 5.69 Å². The van der Waals surface area contributed by atoms with Crippen LogP contribution in [0.5, 0.6) is 0 Å². The summed E-state index contributed by atoms with van der Waals surface area (Å²) >= 11 is 1.54. The van der Waals surface area contributed by atoms with E-state index < -0.39 is 0 Å². The summed E-state index contributed by atoms with van der Waals surface area (Å²) in [6.07, 6.45) is 2.62. The monoisotopic (exact) mass is 287 g/mol. The van der Waals surface area contributed by atoms with E-state index in [0.717, 1.165) is 21.4 Å². The molecule has 0 aliphatic heterocycles. The minimum absolute atomic E-state index is 0.331. The van der Waals surface area contributed by atoms with Gasteiger partial charge >= 0.3 is 5.97 Å². The van der Waals surface area contributed by atoms with Crippen LogP contribution in [0.3, 0.4) is 0 Å². The maximum Gasteiger partial charge on any atom is 0.358 e. The van der Waals surface area contributed by atoms with Crippen molar-refractivity contribution in [3.63, 3.8) is 0 Å². The molecule has 104 valence electrons. The second-order valence-electron chi connectivity index (χ2n) is 5.04. The van der Waals surface area contributed by atoms with Crippen LogP contribution >= 0.6 is 11.3 Å². The highest BCUT2D eigenvalue weighted by Gasteiger charge is 2.23. The van der Waals surface area contributed by atoms with Gasteiger partial charge in [-0.25, -0.2) is 9.78 Å². The predicted octanol–water partition coefficient (Wildman–Crippen LogP) is 4.17. The summed E-state index contributed by atoms with van der Waals surface area (Å²) in [6.45, 7) is 4.09. The smallest absolute Gasteiger partial charge is 0.358 e. The molecule has 3 rings (SSSR count). The largest absolute Gasteiger partial charge is 0.461 e. The van der Waals surface area contributed by atoms with Gasteiger partial charge in [0.05, 0.1) is 6.61 Å². The standard InChI is InChI=1S/C16H17NO2S/c1-3-19-16(18)14-10(2)20-15(17-14)13-8-6-12(7-9-13)11-4-5-11/h6-9,11H,3-5H2,1-2H3. The van der Waals surface area contributed by atoms with Crippen molar-refractivity contribution in [2.24, 2.45) is 0 Å². The topological polar surface area (TPSA) is 39.2 Å². The molecule has 0 bridgehead atoms. The number of aryl methyl sites for hydroxylation is 1. The number of thiazole rings is 1. The lowest BCUT2D eigenvalue weighted by Gasteiger charge is -2.00. The number of nitrogens with zero attached hydrogens (tertiary/aromatic N) is 1. The summed E-state index contributed by atoms with van der Waals surface area (Å²) in [5, 5.41) is 0.882. The van der Waals surface area contributed by atoms with E-state index in [0.29, 0.717) is 12.3 Å². The van der Waals surface area contributed by atoms with Crippen molar-refractivity contribution in [3.8, 4) is 10.6 Å². The number of hydrogen-bond donors (Lipinski definition) is 0. The number of rotatable bonds is 4. The zero-order valence-corrected chi connectivity index (χ0v) is 12.5. The number of carbonyl (C=O) groups is 1. The summed E-state index contributed by atoms with van der Waals surface area (Å²) in [7, 11) is 0. The number of benzene rings is 1. The molecule has 1 aromatic carbocycles. The second-order valence-corrected chi connectivity index (χ2v) is 6.24. The molecule has 1 saturated carbocycles. The molecule has 1 heterocycles. The highest BCUT2D eigenvalue weighted by molar-refractivity contribution is 7.15. The third-order valence-corrected chi connectivity index (χ3v) is 4.49. The van der Waals surface area contributed by atoms with E-state index >= 15 is 0 Å². The van der Waals surface area contributed by atoms with Crippen molar-refractivity contribution in [1.82, 2.24) is 4.98 Å². The third kappa shape index (κ3) is 2.61. The van der Waals surface area contributed by atoms with Gasteiger partial charge < -0.3 is 4.74 Å². The highest BCUT2D eigenvalue weighted by atomic mass is 32.1. The highest BCUT2D eigenvalue weighted by Crippen LogP contribution is 2.40. The fraction of sp³-hybridized carbons (Fsp3) is 0.375. The maximum absolute atomic E-state index is 11.8. The molecule has 1 aliphatic carbocycles. The molecule has 0 atom stereocenters. The van der Waals surface area contributed by atoms with Crippen LogP contribution in [-0.2, 0) is 4.74 Å². The molecule has 0 amide bonds. The van der Waals surface area contributed by atoms with Crippen LogP contribution < -0.4 is 0 Å². The summed E-state index contributed by atoms with van der Waals surface area (Å²) < 4.78 is 5.02. The first-order valence-corrected chi connectivity index (χ1v) is 7.75. The molecule has 0 unspecified atom stereocenters. The van der Waals surface area contributed by atoms with Gasteiger partial charge in [-0.2, -0.15) is 0 Å². The molecule has 1 aromatic heterocycles. The Balaban J connectivity index is 1.86. The number of esters is 1. The Morgan fingerprint density at radius 1 is 1.35 bits per heavy atom. The van der Waals surface area contributed by atoms with Gasteiger partial charge in [0.25, 0.3) is 0 Å². The van der Waals surface area contributed by atoms with E-state index in [2.05, 4.69) is 29.2 Å². The van der Waals surface area contributed by atoms with Gasteiger partial charge in [-0.1, -0.05) is 24.3 Å². The first kappa shape index (κ1) is 13.3. The number of ether oxygens (including phenoxy) is 1. The minimum Gasteiger partial charge on any atom is -0.461 e. The van der Waals surface area contributed by atoms with Crippen molar-refractivity contribution in [3.05, 3.63) is 40.4 Å². The molecular weight excluding hydrogens is 270 g/mol. The molecule has 0 N–H and O–H groups in total. The Morgan fingerprint density at radius 3 is 2.65 bits per heavy atom. The van der Waals surface area contributed by atoms with Gasteiger partial charge in [0.2, 0.25) is 0 Å². The summed E-state index contributed by atoms with van der Waals surface area (Å²) in [5.41, 5.74) is 2.92. The van der Waals surface area contributed by atoms with E-state index in [-0.39, 0.29) is 5.97 Å². The lowest BCUT2D eigenvalue weighted by molar-refractivity contribution is 0.0519. The Hall–Kier alpha value is -1.68. The molecule has 4 heteroatoms. The summed E-state index contributed by atoms with van der Waals surface area (Å²) in [6, 6.07) is 8.54. The molecule has 0 spiro atoms. The predicted molar refractivity (Wildman–Crippen MR) is 80.2 cm³/mol. The molecular formula is C16H17NO2S. The molecule has 3 nitrogen and oxygen atoms in total. The van der Waals surface area contributed by atoms with Gasteiger partial charge in [0, 0.05) is 10.4 Å². The van der Waals surface area contributed by atoms with E-state index in [1.165, 1.54) is 29.7 Å². The quantitative estimate of drug-likeness (QED) is 0.792. The Morgan fingerprint density at radius 2 is 2.05 bits per heavy atom. The normalized spacial score (nSPS) is 14.3. The number of carbonyl (C=O) groups excluding carboxylic acids is 1. The van der Waals surface area contributed by atoms with E-state index in [9.17, 15) is 4.79 Å². The van der Waals surface area contributed by atoms with Gasteiger partial charge in [-0.3, -0.25) is 0 Å². The van der Waals surface area contributed by atoms with Crippen molar-refractivity contribution >= 4 is 17.3 Å². The lowest BCUT2D eigenvalue weighted by atomic mass is 10.1. The SMILES string of the molecule is CCOC(=O)c1nc(-c2ccc(C3CC3)cc2)sc1C. The zero-order chi connectivity index (χ0) is 14.1. The van der Waals surface area contributed by atoms with Crippen molar-refractivity contribution in [1.29, 1.82) is 0 Å². The zero-order valence-electron chi connectivity index (χ0n) is 11.7. The van der Waals surface area contributed by atoms with Crippen LogP contribution in [0.1, 0.15) is 46.6 Å². The van der Waals surface area contributed by atoms with Crippen LogP contribution in [0.15, 0.2) is 24.3 Å². The van der Waals surface area contributed by atoms with Gasteiger partial charge in [-0.05, 0) is 38.2 Å². The summed E-state index contributed by atoms with van der Waals surface area (Å²) in [5.74, 6) is 0.430.